The molecule has 25 heavy (non-hydrogen) atoms. The van der Waals surface area contributed by atoms with Gasteiger partial charge in [-0.2, -0.15) is 5.10 Å². The van der Waals surface area contributed by atoms with Gasteiger partial charge in [0.1, 0.15) is 0 Å². The van der Waals surface area contributed by atoms with Crippen molar-refractivity contribution in [2.75, 3.05) is 33.0 Å². The molecule has 0 bridgehead atoms. The maximum atomic E-state index is 12.1. The highest BCUT2D eigenvalue weighted by Crippen LogP contribution is 2.27. The molecule has 1 amide bonds. The summed E-state index contributed by atoms with van der Waals surface area (Å²) in [6.45, 7) is 1.19. The Balaban J connectivity index is 1.63. The van der Waals surface area contributed by atoms with Gasteiger partial charge in [-0.3, -0.25) is 4.79 Å². The summed E-state index contributed by atoms with van der Waals surface area (Å²) < 4.78 is 12.6. The summed E-state index contributed by atoms with van der Waals surface area (Å²) in [6.07, 6.45) is 4.97. The highest BCUT2D eigenvalue weighted by Gasteiger charge is 2.21. The molecule has 3 heterocycles. The van der Waals surface area contributed by atoms with Crippen molar-refractivity contribution in [1.29, 1.82) is 0 Å². The zero-order valence-electron chi connectivity index (χ0n) is 13.8. The highest BCUT2D eigenvalue weighted by atomic mass is 16.5. The van der Waals surface area contributed by atoms with E-state index in [4.69, 9.17) is 19.4 Å². The Morgan fingerprint density at radius 2 is 2.12 bits per heavy atom. The van der Waals surface area contributed by atoms with Crippen LogP contribution in [0.25, 0.3) is 5.88 Å². The van der Waals surface area contributed by atoms with Crippen LogP contribution in [0.1, 0.15) is 35.1 Å². The molecule has 0 radical (unpaired) electrons. The van der Waals surface area contributed by atoms with Gasteiger partial charge in [0.25, 0.3) is 5.91 Å². The van der Waals surface area contributed by atoms with Crippen LogP contribution in [0.4, 0.5) is 0 Å². The van der Waals surface area contributed by atoms with Crippen LogP contribution >= 0.6 is 0 Å². The molecule has 9 nitrogen and oxygen atoms in total. The molecule has 0 aliphatic carbocycles. The number of hydrogen-bond acceptors (Lipinski definition) is 7. The molecule has 1 aliphatic rings. The second kappa shape index (κ2) is 8.24. The first-order valence-corrected chi connectivity index (χ1v) is 8.30. The maximum Gasteiger partial charge on any atom is 0.271 e. The molecule has 1 saturated heterocycles. The summed E-state index contributed by atoms with van der Waals surface area (Å²) in [7, 11) is 0. The first kappa shape index (κ1) is 17.6. The van der Waals surface area contributed by atoms with Crippen LogP contribution in [0.3, 0.4) is 0 Å². The van der Waals surface area contributed by atoms with E-state index >= 15 is 0 Å². The number of aromatic nitrogens is 3. The zero-order chi connectivity index (χ0) is 17.6. The van der Waals surface area contributed by atoms with Crippen LogP contribution < -0.4 is 5.32 Å². The molecule has 2 aromatic heterocycles. The molecule has 0 unspecified atom stereocenters. The van der Waals surface area contributed by atoms with Crippen molar-refractivity contribution in [1.82, 2.24) is 20.1 Å². The number of rotatable bonds is 7. The third kappa shape index (κ3) is 4.25. The van der Waals surface area contributed by atoms with E-state index in [0.717, 1.165) is 12.8 Å². The van der Waals surface area contributed by atoms with Crippen molar-refractivity contribution in [3.63, 3.8) is 0 Å². The normalized spacial score (nSPS) is 15.6. The zero-order valence-corrected chi connectivity index (χ0v) is 13.8. The fourth-order valence-corrected chi connectivity index (χ4v) is 2.60. The third-order valence-electron chi connectivity index (χ3n) is 4.20. The second-order valence-electron chi connectivity index (χ2n) is 6.01. The van der Waals surface area contributed by atoms with Crippen LogP contribution in [0.2, 0.25) is 0 Å². The summed E-state index contributed by atoms with van der Waals surface area (Å²) in [4.78, 5) is 16.4. The van der Waals surface area contributed by atoms with Gasteiger partial charge in [-0.25, -0.2) is 9.67 Å². The van der Waals surface area contributed by atoms with Crippen LogP contribution in [-0.2, 0) is 4.74 Å². The molecule has 1 fully saturated rings. The van der Waals surface area contributed by atoms with Gasteiger partial charge in [-0.15, -0.1) is 0 Å². The van der Waals surface area contributed by atoms with Crippen LogP contribution in [0.15, 0.2) is 22.9 Å². The molecule has 2 aromatic rings. The molecule has 3 N–H and O–H groups in total. The minimum Gasteiger partial charge on any atom is -0.423 e. The largest absolute Gasteiger partial charge is 0.423 e. The molecule has 0 atom stereocenters. The molecule has 0 spiro atoms. The lowest BCUT2D eigenvalue weighted by atomic mass is 10.0. The molecule has 3 rings (SSSR count). The van der Waals surface area contributed by atoms with Crippen molar-refractivity contribution in [2.45, 2.75) is 18.8 Å². The van der Waals surface area contributed by atoms with Crippen LogP contribution in [0, 0.1) is 5.92 Å². The summed E-state index contributed by atoms with van der Waals surface area (Å²) in [6, 6.07) is 1.57. The lowest BCUT2D eigenvalue weighted by Gasteiger charge is -2.18. The smallest absolute Gasteiger partial charge is 0.271 e. The summed E-state index contributed by atoms with van der Waals surface area (Å²) in [5, 5.41) is 24.8. The first-order valence-electron chi connectivity index (χ1n) is 8.30. The number of ether oxygens (including phenoxy) is 1. The number of oxazole rings is 1. The van der Waals surface area contributed by atoms with Crippen molar-refractivity contribution >= 4 is 5.91 Å². The Hall–Kier alpha value is -2.23. The van der Waals surface area contributed by atoms with Gasteiger partial charge in [0, 0.05) is 51.0 Å². The van der Waals surface area contributed by atoms with E-state index in [9.17, 15) is 4.79 Å². The molecular weight excluding hydrogens is 328 g/mol. The van der Waals surface area contributed by atoms with E-state index in [2.05, 4.69) is 15.4 Å². The number of amides is 1. The Labute approximate surface area is 144 Å². The predicted molar refractivity (Wildman–Crippen MR) is 86.4 cm³/mol. The molecule has 136 valence electrons. The maximum absolute atomic E-state index is 12.1. The molecular formula is C16H22N4O5. The van der Waals surface area contributed by atoms with E-state index in [-0.39, 0.29) is 43.2 Å². The minimum absolute atomic E-state index is 0.175. The van der Waals surface area contributed by atoms with Crippen LogP contribution in [0.5, 0.6) is 0 Å². The van der Waals surface area contributed by atoms with E-state index in [1.165, 1.54) is 4.68 Å². The summed E-state index contributed by atoms with van der Waals surface area (Å²) >= 11 is 0. The fourth-order valence-electron chi connectivity index (χ4n) is 2.60. The first-order chi connectivity index (χ1) is 12.2. The topological polar surface area (TPSA) is 123 Å². The Kier molecular flexibility index (Phi) is 5.79. The third-order valence-corrected chi connectivity index (χ3v) is 4.20. The van der Waals surface area contributed by atoms with Gasteiger partial charge in [-0.1, -0.05) is 0 Å². The summed E-state index contributed by atoms with van der Waals surface area (Å²) in [5.74, 6) is 0.588. The standard InChI is InChI=1S/C16H22N4O5/c21-9-11(10-22)7-17-15(23)13-1-4-20(19-13)14-8-18-16(25-14)12-2-5-24-6-3-12/h1,4,8,11-12,21-22H,2-3,5-7,9-10H2,(H,17,23). The molecule has 9 heteroatoms. The van der Waals surface area contributed by atoms with E-state index in [0.29, 0.717) is 25.0 Å². The highest BCUT2D eigenvalue weighted by molar-refractivity contribution is 5.92. The lowest BCUT2D eigenvalue weighted by molar-refractivity contribution is 0.0793. The van der Waals surface area contributed by atoms with Gasteiger partial charge in [0.2, 0.25) is 5.88 Å². The van der Waals surface area contributed by atoms with Crippen molar-refractivity contribution in [3.8, 4) is 5.88 Å². The molecule has 1 aliphatic heterocycles. The fraction of sp³-hybridized carbons (Fsp3) is 0.562. The number of aliphatic hydroxyl groups excluding tert-OH is 2. The second-order valence-corrected chi connectivity index (χ2v) is 6.01. The average molecular weight is 350 g/mol. The predicted octanol–water partition coefficient (Wildman–Crippen LogP) is 0.0849. The van der Waals surface area contributed by atoms with E-state index in [1.807, 2.05) is 0 Å². The van der Waals surface area contributed by atoms with Gasteiger partial charge in [-0.05, 0) is 18.9 Å². The Bertz CT molecular complexity index is 688. The number of nitrogens with one attached hydrogen (secondary N) is 1. The average Bonchev–Trinajstić information content (AvgIpc) is 3.32. The van der Waals surface area contributed by atoms with Crippen molar-refractivity contribution in [2.24, 2.45) is 5.92 Å². The number of hydrogen-bond donors (Lipinski definition) is 3. The summed E-state index contributed by atoms with van der Waals surface area (Å²) in [5.41, 5.74) is 0.221. The van der Waals surface area contributed by atoms with Gasteiger partial charge in [0.15, 0.2) is 11.6 Å². The lowest BCUT2D eigenvalue weighted by Crippen LogP contribution is -2.32. The van der Waals surface area contributed by atoms with Crippen LogP contribution in [-0.4, -0.2) is 63.9 Å². The number of nitrogens with zero attached hydrogens (tertiary/aromatic N) is 3. The van der Waals surface area contributed by atoms with E-state index in [1.54, 1.807) is 18.5 Å². The monoisotopic (exact) mass is 350 g/mol. The van der Waals surface area contributed by atoms with Gasteiger partial charge in [0.05, 0.1) is 6.20 Å². The Morgan fingerprint density at radius 1 is 1.36 bits per heavy atom. The molecule has 0 aromatic carbocycles. The number of carbonyl (C=O) groups is 1. The minimum atomic E-state index is -0.387. The number of carbonyl (C=O) groups excluding carboxylic acids is 1. The van der Waals surface area contributed by atoms with Crippen molar-refractivity contribution in [3.05, 3.63) is 30.0 Å². The quantitative estimate of drug-likeness (QED) is 0.646. The van der Waals surface area contributed by atoms with E-state index < -0.39 is 0 Å². The van der Waals surface area contributed by atoms with Gasteiger partial charge >= 0.3 is 0 Å². The van der Waals surface area contributed by atoms with Gasteiger partial charge < -0.3 is 24.7 Å². The number of aliphatic hydroxyl groups is 2. The molecule has 0 saturated carbocycles. The Morgan fingerprint density at radius 3 is 2.84 bits per heavy atom. The SMILES string of the molecule is O=C(NCC(CO)CO)c1ccn(-c2cnc(C3CCOCC3)o2)n1. The van der Waals surface area contributed by atoms with Crippen molar-refractivity contribution < 1.29 is 24.2 Å².